The van der Waals surface area contributed by atoms with Crippen LogP contribution in [0.4, 0.5) is 5.82 Å². The average Bonchev–Trinajstić information content (AvgIpc) is 2.46. The largest absolute Gasteiger partial charge is 0.477 e. The van der Waals surface area contributed by atoms with Gasteiger partial charge in [0, 0.05) is 0 Å². The molecule has 0 saturated carbocycles. The minimum Gasteiger partial charge on any atom is -0.477 e. The normalized spacial score (nSPS) is 10.5. The van der Waals surface area contributed by atoms with Crippen LogP contribution >= 0.6 is 11.3 Å². The monoisotopic (exact) mass is 194 g/mol. The summed E-state index contributed by atoms with van der Waals surface area (Å²) < 4.78 is 0.839. The fourth-order valence-corrected chi connectivity index (χ4v) is 1.89. The fraction of sp³-hybridized carbons (Fsp3) is 0. The number of nitrogens with zero attached hydrogens (tertiary/aromatic N) is 1. The van der Waals surface area contributed by atoms with E-state index in [1.54, 1.807) is 12.1 Å². The number of hydrogen-bond acceptors (Lipinski definition) is 4. The van der Waals surface area contributed by atoms with E-state index in [0.717, 1.165) is 4.70 Å². The summed E-state index contributed by atoms with van der Waals surface area (Å²) in [4.78, 5) is 14.9. The standard InChI is InChI=1S/C8H6N2O2S/c9-7-2-1-5-4(10-7)3-6(13-5)8(11)12/h1-3H,(H2,9,10)(H,11,12). The number of nitrogens with two attached hydrogens (primary N) is 1. The number of thiophene rings is 1. The van der Waals surface area contributed by atoms with Crippen LogP contribution in [0.15, 0.2) is 18.2 Å². The minimum absolute atomic E-state index is 0.285. The third kappa shape index (κ3) is 1.33. The van der Waals surface area contributed by atoms with Crippen molar-refractivity contribution in [3.05, 3.63) is 23.1 Å². The van der Waals surface area contributed by atoms with Crippen molar-refractivity contribution in [2.45, 2.75) is 0 Å². The molecule has 2 heterocycles. The molecule has 4 nitrogen and oxygen atoms in total. The van der Waals surface area contributed by atoms with Crippen molar-refractivity contribution in [1.82, 2.24) is 4.98 Å². The number of aromatic carboxylic acids is 1. The highest BCUT2D eigenvalue weighted by Crippen LogP contribution is 2.24. The van der Waals surface area contributed by atoms with E-state index in [4.69, 9.17) is 10.8 Å². The summed E-state index contributed by atoms with van der Waals surface area (Å²) in [5, 5.41) is 8.71. The van der Waals surface area contributed by atoms with Crippen molar-refractivity contribution in [3.63, 3.8) is 0 Å². The first-order chi connectivity index (χ1) is 6.16. The molecule has 0 radical (unpaired) electrons. The van der Waals surface area contributed by atoms with Gasteiger partial charge in [0.05, 0.1) is 10.2 Å². The third-order valence-electron chi connectivity index (χ3n) is 1.61. The summed E-state index contributed by atoms with van der Waals surface area (Å²) in [7, 11) is 0. The topological polar surface area (TPSA) is 76.2 Å². The zero-order valence-corrected chi connectivity index (χ0v) is 7.34. The van der Waals surface area contributed by atoms with E-state index < -0.39 is 5.97 Å². The van der Waals surface area contributed by atoms with E-state index in [2.05, 4.69) is 4.98 Å². The molecule has 66 valence electrons. The molecule has 0 fully saturated rings. The van der Waals surface area contributed by atoms with Gasteiger partial charge in [0.2, 0.25) is 0 Å². The van der Waals surface area contributed by atoms with E-state index >= 15 is 0 Å². The van der Waals surface area contributed by atoms with Gasteiger partial charge >= 0.3 is 5.97 Å². The molecule has 0 aliphatic rings. The lowest BCUT2D eigenvalue weighted by molar-refractivity contribution is 0.0702. The maximum absolute atomic E-state index is 10.6. The Morgan fingerprint density at radius 3 is 3.00 bits per heavy atom. The number of pyridine rings is 1. The Morgan fingerprint density at radius 2 is 2.31 bits per heavy atom. The fourth-order valence-electron chi connectivity index (χ4n) is 1.05. The number of aromatic nitrogens is 1. The van der Waals surface area contributed by atoms with Crippen molar-refractivity contribution >= 4 is 33.3 Å². The van der Waals surface area contributed by atoms with Crippen molar-refractivity contribution in [3.8, 4) is 0 Å². The molecule has 2 aromatic rings. The van der Waals surface area contributed by atoms with Gasteiger partial charge in [-0.1, -0.05) is 0 Å². The average molecular weight is 194 g/mol. The predicted octanol–water partition coefficient (Wildman–Crippen LogP) is 1.58. The second-order valence-electron chi connectivity index (χ2n) is 2.54. The zero-order chi connectivity index (χ0) is 9.42. The van der Waals surface area contributed by atoms with Crippen molar-refractivity contribution < 1.29 is 9.90 Å². The summed E-state index contributed by atoms with van der Waals surface area (Å²) in [5.74, 6) is -0.524. The van der Waals surface area contributed by atoms with Gasteiger partial charge in [-0.15, -0.1) is 11.3 Å². The second-order valence-corrected chi connectivity index (χ2v) is 3.62. The van der Waals surface area contributed by atoms with Crippen LogP contribution in [0, 0.1) is 0 Å². The Bertz CT molecular complexity index is 478. The molecule has 0 aliphatic heterocycles. The van der Waals surface area contributed by atoms with E-state index in [1.807, 2.05) is 0 Å². The van der Waals surface area contributed by atoms with Crippen LogP contribution in [-0.2, 0) is 0 Å². The molecule has 0 aromatic carbocycles. The van der Waals surface area contributed by atoms with E-state index in [9.17, 15) is 4.79 Å². The first-order valence-electron chi connectivity index (χ1n) is 3.56. The van der Waals surface area contributed by atoms with Crippen LogP contribution in [0.3, 0.4) is 0 Å². The van der Waals surface area contributed by atoms with Crippen LogP contribution in [0.1, 0.15) is 9.67 Å². The van der Waals surface area contributed by atoms with Crippen LogP contribution < -0.4 is 5.73 Å². The van der Waals surface area contributed by atoms with Gasteiger partial charge < -0.3 is 10.8 Å². The van der Waals surface area contributed by atoms with Gasteiger partial charge in [-0.2, -0.15) is 0 Å². The maximum atomic E-state index is 10.6. The highest BCUT2D eigenvalue weighted by molar-refractivity contribution is 7.20. The van der Waals surface area contributed by atoms with Crippen LogP contribution in [0.2, 0.25) is 0 Å². The molecule has 3 N–H and O–H groups in total. The summed E-state index contributed by atoms with van der Waals surface area (Å²) in [6.07, 6.45) is 0. The number of rotatable bonds is 1. The Kier molecular flexibility index (Phi) is 1.66. The Labute approximate surface area is 77.6 Å². The Hall–Kier alpha value is -1.62. The predicted molar refractivity (Wildman–Crippen MR) is 51.0 cm³/mol. The molecule has 13 heavy (non-hydrogen) atoms. The van der Waals surface area contributed by atoms with Gasteiger partial charge in [-0.05, 0) is 18.2 Å². The van der Waals surface area contributed by atoms with Gasteiger partial charge in [-0.25, -0.2) is 9.78 Å². The SMILES string of the molecule is Nc1ccc2sc(C(=O)O)cc2n1. The zero-order valence-electron chi connectivity index (χ0n) is 6.52. The Morgan fingerprint density at radius 1 is 1.54 bits per heavy atom. The van der Waals surface area contributed by atoms with Crippen LogP contribution in [-0.4, -0.2) is 16.1 Å². The van der Waals surface area contributed by atoms with Crippen LogP contribution in [0.25, 0.3) is 10.2 Å². The lowest BCUT2D eigenvalue weighted by Gasteiger charge is -1.89. The summed E-state index contributed by atoms with van der Waals surface area (Å²) >= 11 is 1.20. The van der Waals surface area contributed by atoms with Crippen LogP contribution in [0.5, 0.6) is 0 Å². The van der Waals surface area contributed by atoms with Gasteiger partial charge in [0.15, 0.2) is 0 Å². The Balaban J connectivity index is 2.68. The van der Waals surface area contributed by atoms with Gasteiger partial charge in [0.1, 0.15) is 10.7 Å². The molecule has 5 heteroatoms. The molecule has 0 spiro atoms. The number of fused-ring (bicyclic) bond motifs is 1. The molecule has 2 aromatic heterocycles. The first-order valence-corrected chi connectivity index (χ1v) is 4.38. The number of nitrogen functional groups attached to an aromatic ring is 1. The van der Waals surface area contributed by atoms with Gasteiger partial charge in [-0.3, -0.25) is 0 Å². The highest BCUT2D eigenvalue weighted by Gasteiger charge is 2.08. The molecular formula is C8H6N2O2S. The lowest BCUT2D eigenvalue weighted by Crippen LogP contribution is -1.90. The van der Waals surface area contributed by atoms with Gasteiger partial charge in [0.25, 0.3) is 0 Å². The highest BCUT2D eigenvalue weighted by atomic mass is 32.1. The molecule has 0 saturated heterocycles. The van der Waals surface area contributed by atoms with E-state index in [1.165, 1.54) is 17.4 Å². The van der Waals surface area contributed by atoms with Crippen molar-refractivity contribution in [2.75, 3.05) is 5.73 Å². The molecule has 0 unspecified atom stereocenters. The van der Waals surface area contributed by atoms with Crippen molar-refractivity contribution in [1.29, 1.82) is 0 Å². The third-order valence-corrected chi connectivity index (χ3v) is 2.68. The molecule has 0 atom stereocenters. The van der Waals surface area contributed by atoms with E-state index in [0.29, 0.717) is 11.3 Å². The number of carboxylic acids is 1. The molecule has 0 aliphatic carbocycles. The summed E-state index contributed by atoms with van der Waals surface area (Å²) in [6.45, 7) is 0. The molecule has 2 rings (SSSR count). The number of carboxylic acid groups (broad SMARTS) is 1. The molecular weight excluding hydrogens is 188 g/mol. The smallest absolute Gasteiger partial charge is 0.345 e. The minimum atomic E-state index is -0.929. The van der Waals surface area contributed by atoms with Crippen molar-refractivity contribution in [2.24, 2.45) is 0 Å². The van der Waals surface area contributed by atoms with E-state index in [-0.39, 0.29) is 4.88 Å². The number of hydrogen-bond donors (Lipinski definition) is 2. The summed E-state index contributed by atoms with van der Waals surface area (Å²) in [6, 6.07) is 4.96. The molecule has 0 amide bonds. The number of carbonyl (C=O) groups is 1. The summed E-state index contributed by atoms with van der Waals surface area (Å²) in [5.41, 5.74) is 6.10. The number of anilines is 1. The second kappa shape index (κ2) is 2.70. The first kappa shape index (κ1) is 8.00. The molecule has 0 bridgehead atoms. The lowest BCUT2D eigenvalue weighted by atomic mass is 10.3. The quantitative estimate of drug-likeness (QED) is 0.722. The maximum Gasteiger partial charge on any atom is 0.345 e.